The second-order valence-electron chi connectivity index (χ2n) is 7.52. The molecule has 146 valence electrons. The Hall–Kier alpha value is -1.93. The van der Waals surface area contributed by atoms with Crippen LogP contribution in [0.5, 0.6) is 0 Å². The van der Waals surface area contributed by atoms with Gasteiger partial charge in [0.25, 0.3) is 0 Å². The van der Waals surface area contributed by atoms with E-state index in [-0.39, 0.29) is 23.2 Å². The van der Waals surface area contributed by atoms with Crippen LogP contribution in [-0.4, -0.2) is 73.3 Å². The molecule has 1 amide bonds. The number of fused-ring (bicyclic) bond motifs is 1. The molecular weight excluding hydrogens is 369 g/mol. The third-order valence-corrected chi connectivity index (χ3v) is 7.37. The van der Waals surface area contributed by atoms with Crippen LogP contribution in [0.1, 0.15) is 24.3 Å². The first-order valence-electron chi connectivity index (χ1n) is 9.38. The molecule has 3 heterocycles. The van der Waals surface area contributed by atoms with Crippen molar-refractivity contribution in [3.8, 4) is 0 Å². The Morgan fingerprint density at radius 3 is 2.56 bits per heavy atom. The van der Waals surface area contributed by atoms with E-state index < -0.39 is 9.84 Å². The number of sulfone groups is 1. The molecule has 0 atom stereocenters. The maximum absolute atomic E-state index is 13.4. The van der Waals surface area contributed by atoms with E-state index in [2.05, 4.69) is 4.98 Å². The number of piperidine rings is 1. The highest BCUT2D eigenvalue weighted by atomic mass is 32.2. The van der Waals surface area contributed by atoms with E-state index in [1.54, 1.807) is 0 Å². The standard InChI is InChI=1S/C19H24FN3O3S/c20-15-1-2-16-17(12-21-18(16)11-15)14-3-5-23(6-4-14)19(24)13-22-7-9-27(25,26)10-8-22/h1-2,11-12,14,21H,3-10,13H2. The average molecular weight is 393 g/mol. The molecule has 1 N–H and O–H groups in total. The number of nitrogens with zero attached hydrogens (tertiary/aromatic N) is 2. The van der Waals surface area contributed by atoms with Crippen LogP contribution in [0.4, 0.5) is 4.39 Å². The number of halogens is 1. The van der Waals surface area contributed by atoms with Crippen LogP contribution < -0.4 is 0 Å². The van der Waals surface area contributed by atoms with Crippen LogP contribution in [0.25, 0.3) is 10.9 Å². The van der Waals surface area contributed by atoms with Gasteiger partial charge in [-0.15, -0.1) is 0 Å². The molecule has 2 aromatic rings. The summed E-state index contributed by atoms with van der Waals surface area (Å²) in [6.07, 6.45) is 3.72. The summed E-state index contributed by atoms with van der Waals surface area (Å²) < 4.78 is 36.4. The van der Waals surface area contributed by atoms with Crippen LogP contribution in [0, 0.1) is 5.82 Å². The molecular formula is C19H24FN3O3S. The summed E-state index contributed by atoms with van der Waals surface area (Å²) in [7, 11) is -2.92. The summed E-state index contributed by atoms with van der Waals surface area (Å²) >= 11 is 0. The lowest BCUT2D eigenvalue weighted by molar-refractivity contribution is -0.133. The van der Waals surface area contributed by atoms with Crippen molar-refractivity contribution >= 4 is 26.6 Å². The van der Waals surface area contributed by atoms with Crippen molar-refractivity contribution in [2.24, 2.45) is 0 Å². The van der Waals surface area contributed by atoms with E-state index in [9.17, 15) is 17.6 Å². The van der Waals surface area contributed by atoms with Crippen molar-refractivity contribution < 1.29 is 17.6 Å². The second kappa shape index (κ2) is 7.24. The summed E-state index contributed by atoms with van der Waals surface area (Å²) in [6.45, 7) is 2.58. The van der Waals surface area contributed by atoms with E-state index in [0.29, 0.717) is 38.6 Å². The minimum Gasteiger partial charge on any atom is -0.361 e. The third-order valence-electron chi connectivity index (χ3n) is 5.76. The average Bonchev–Trinajstić information content (AvgIpc) is 3.06. The smallest absolute Gasteiger partial charge is 0.236 e. The first-order chi connectivity index (χ1) is 12.9. The predicted octanol–water partition coefficient (Wildman–Crippen LogP) is 1.74. The highest BCUT2D eigenvalue weighted by Gasteiger charge is 2.28. The molecule has 2 aliphatic rings. The molecule has 1 aromatic carbocycles. The lowest BCUT2D eigenvalue weighted by Gasteiger charge is -2.34. The largest absolute Gasteiger partial charge is 0.361 e. The fourth-order valence-electron chi connectivity index (χ4n) is 4.10. The Balaban J connectivity index is 1.34. The van der Waals surface area contributed by atoms with Crippen molar-refractivity contribution in [1.29, 1.82) is 0 Å². The minimum absolute atomic E-state index is 0.0775. The number of rotatable bonds is 3. The van der Waals surface area contributed by atoms with Crippen molar-refractivity contribution in [1.82, 2.24) is 14.8 Å². The van der Waals surface area contributed by atoms with Gasteiger partial charge in [-0.05, 0) is 42.5 Å². The summed E-state index contributed by atoms with van der Waals surface area (Å²) in [5.74, 6) is 0.469. The SMILES string of the molecule is O=C(CN1CCS(=O)(=O)CC1)N1CCC(c2c[nH]c3cc(F)ccc23)CC1. The van der Waals surface area contributed by atoms with Crippen LogP contribution in [-0.2, 0) is 14.6 Å². The van der Waals surface area contributed by atoms with Gasteiger partial charge < -0.3 is 9.88 Å². The van der Waals surface area contributed by atoms with E-state index in [1.165, 1.54) is 17.7 Å². The Bertz CT molecular complexity index is 934. The minimum atomic E-state index is -2.92. The number of nitrogens with one attached hydrogen (secondary N) is 1. The molecule has 4 rings (SSSR count). The van der Waals surface area contributed by atoms with Crippen molar-refractivity contribution in [3.05, 3.63) is 35.8 Å². The number of aromatic nitrogens is 1. The molecule has 0 bridgehead atoms. The van der Waals surface area contributed by atoms with Gasteiger partial charge in [0.05, 0.1) is 18.1 Å². The molecule has 2 aliphatic heterocycles. The van der Waals surface area contributed by atoms with Gasteiger partial charge in [-0.1, -0.05) is 0 Å². The maximum Gasteiger partial charge on any atom is 0.236 e. The first-order valence-corrected chi connectivity index (χ1v) is 11.2. The van der Waals surface area contributed by atoms with E-state index in [4.69, 9.17) is 0 Å². The third kappa shape index (κ3) is 4.01. The maximum atomic E-state index is 13.4. The Kier molecular flexibility index (Phi) is 4.94. The fraction of sp³-hybridized carbons (Fsp3) is 0.526. The van der Waals surface area contributed by atoms with Crippen LogP contribution in [0.3, 0.4) is 0 Å². The molecule has 0 radical (unpaired) electrons. The molecule has 0 aliphatic carbocycles. The monoisotopic (exact) mass is 393 g/mol. The van der Waals surface area contributed by atoms with Crippen LogP contribution in [0.2, 0.25) is 0 Å². The van der Waals surface area contributed by atoms with Gasteiger partial charge in [-0.2, -0.15) is 0 Å². The first kappa shape index (κ1) is 18.4. The lowest BCUT2D eigenvalue weighted by atomic mass is 9.89. The van der Waals surface area contributed by atoms with Gasteiger partial charge in [0, 0.05) is 43.3 Å². The topological polar surface area (TPSA) is 73.5 Å². The Labute approximate surface area is 158 Å². The number of benzene rings is 1. The number of amides is 1. The molecule has 0 unspecified atom stereocenters. The summed E-state index contributed by atoms with van der Waals surface area (Å²) in [5.41, 5.74) is 2.00. The van der Waals surface area contributed by atoms with Gasteiger partial charge in [0.15, 0.2) is 9.84 Å². The summed E-state index contributed by atoms with van der Waals surface area (Å²) in [6, 6.07) is 4.81. The summed E-state index contributed by atoms with van der Waals surface area (Å²) in [4.78, 5) is 19.5. The van der Waals surface area contributed by atoms with Gasteiger partial charge in [-0.3, -0.25) is 9.69 Å². The molecule has 6 nitrogen and oxygen atoms in total. The van der Waals surface area contributed by atoms with Crippen molar-refractivity contribution in [2.75, 3.05) is 44.2 Å². The summed E-state index contributed by atoms with van der Waals surface area (Å²) in [5, 5.41) is 1.05. The number of hydrogen-bond donors (Lipinski definition) is 1. The quantitative estimate of drug-likeness (QED) is 0.862. The van der Waals surface area contributed by atoms with E-state index in [0.717, 1.165) is 23.7 Å². The number of aromatic amines is 1. The van der Waals surface area contributed by atoms with E-state index in [1.807, 2.05) is 22.1 Å². The molecule has 1 aromatic heterocycles. The molecule has 2 fully saturated rings. The Morgan fingerprint density at radius 1 is 1.15 bits per heavy atom. The second-order valence-corrected chi connectivity index (χ2v) is 9.82. The van der Waals surface area contributed by atoms with Gasteiger partial charge in [0.1, 0.15) is 5.82 Å². The highest BCUT2D eigenvalue weighted by Crippen LogP contribution is 2.33. The van der Waals surface area contributed by atoms with Gasteiger partial charge in [-0.25, -0.2) is 12.8 Å². The van der Waals surface area contributed by atoms with Crippen molar-refractivity contribution in [2.45, 2.75) is 18.8 Å². The fourth-order valence-corrected chi connectivity index (χ4v) is 5.38. The molecule has 0 saturated carbocycles. The molecule has 2 saturated heterocycles. The molecule has 0 spiro atoms. The van der Waals surface area contributed by atoms with Crippen LogP contribution >= 0.6 is 0 Å². The zero-order valence-electron chi connectivity index (χ0n) is 15.2. The number of H-pyrrole nitrogens is 1. The number of carbonyl (C=O) groups excluding carboxylic acids is 1. The normalized spacial score (nSPS) is 21.6. The molecule has 8 heteroatoms. The predicted molar refractivity (Wildman–Crippen MR) is 102 cm³/mol. The zero-order chi connectivity index (χ0) is 19.0. The lowest BCUT2D eigenvalue weighted by Crippen LogP contribution is -2.48. The molecule has 27 heavy (non-hydrogen) atoms. The van der Waals surface area contributed by atoms with Crippen LogP contribution in [0.15, 0.2) is 24.4 Å². The zero-order valence-corrected chi connectivity index (χ0v) is 16.0. The number of likely N-dealkylation sites (tertiary alicyclic amines) is 1. The number of carbonyl (C=O) groups is 1. The highest BCUT2D eigenvalue weighted by molar-refractivity contribution is 7.91. The number of hydrogen-bond acceptors (Lipinski definition) is 4. The van der Waals surface area contributed by atoms with Gasteiger partial charge in [0.2, 0.25) is 5.91 Å². The van der Waals surface area contributed by atoms with E-state index >= 15 is 0 Å². The Morgan fingerprint density at radius 2 is 1.85 bits per heavy atom. The van der Waals surface area contributed by atoms with Gasteiger partial charge >= 0.3 is 0 Å². The van der Waals surface area contributed by atoms with Crippen molar-refractivity contribution in [3.63, 3.8) is 0 Å².